The van der Waals surface area contributed by atoms with Gasteiger partial charge in [0.25, 0.3) is 17.7 Å². The van der Waals surface area contributed by atoms with Crippen LogP contribution >= 0.6 is 11.6 Å². The number of nitrogens with zero attached hydrogens (tertiary/aromatic N) is 5. The first kappa shape index (κ1) is 43.0. The van der Waals surface area contributed by atoms with Crippen LogP contribution in [-0.4, -0.2) is 130 Å². The van der Waals surface area contributed by atoms with Crippen molar-refractivity contribution in [1.29, 1.82) is 0 Å². The van der Waals surface area contributed by atoms with Crippen LogP contribution in [0.25, 0.3) is 22.2 Å². The predicted molar refractivity (Wildman–Crippen MR) is 232 cm³/mol. The number of halogens is 1. The lowest BCUT2D eigenvalue weighted by Crippen LogP contribution is -2.54. The van der Waals surface area contributed by atoms with Crippen molar-refractivity contribution in [1.82, 2.24) is 40.3 Å². The summed E-state index contributed by atoms with van der Waals surface area (Å²) in [5.41, 5.74) is 2.38. The standard InChI is InChI=1S/C45H52ClN9O7/c46-33-24-49-44(52-40(33)32-23-48-34-12-4-3-10-30(32)34)50-29-9-8-20-54(25-29)27-45(28-56)16-21-53(22-17-45)19-6-2-1-5-18-47-38(58)26-62-36-13-7-11-31-39(36)43(61)55(42(31)60)35-14-15-37(57)51-41(35)59/h3-4,7,10-13,23-24,28-29,35,48H,1-2,5-6,8-9,14-22,25-27H2,(H,47,58)(H,49,50,52)(H,51,57,59)/t29-,35?/m1/s1. The van der Waals surface area contributed by atoms with E-state index in [1.165, 1.54) is 18.4 Å². The SMILES string of the molecule is O=CC1(CN2CCC[C@@H](Nc3ncc(Cl)c(-c4c[nH]c5ccccc45)n3)C2)CCN(CCCCCCNC(=O)COc2cccc3c2C(=O)N(C2CCC(=O)NC2=O)C3=O)CC1. The number of carbonyl (C=O) groups is 6. The molecule has 16 nitrogen and oxygen atoms in total. The number of aromatic amines is 1. The molecule has 2 aromatic carbocycles. The van der Waals surface area contributed by atoms with Crippen molar-refractivity contribution in [2.45, 2.75) is 76.3 Å². The molecule has 0 saturated carbocycles. The Balaban J connectivity index is 0.715. The molecule has 4 N–H and O–H groups in total. The topological polar surface area (TPSA) is 199 Å². The maximum atomic E-state index is 13.3. The third kappa shape index (κ3) is 9.52. The number of ether oxygens (including phenoxy) is 1. The number of para-hydroxylation sites is 1. The second kappa shape index (κ2) is 19.1. The highest BCUT2D eigenvalue weighted by atomic mass is 35.5. The van der Waals surface area contributed by atoms with Gasteiger partial charge in [-0.15, -0.1) is 0 Å². The number of rotatable bonds is 17. The van der Waals surface area contributed by atoms with Crippen molar-refractivity contribution in [2.75, 3.05) is 57.7 Å². The zero-order valence-electron chi connectivity index (χ0n) is 34.6. The van der Waals surface area contributed by atoms with Crippen LogP contribution in [0.2, 0.25) is 5.02 Å². The molecule has 0 radical (unpaired) electrons. The van der Waals surface area contributed by atoms with E-state index in [0.717, 1.165) is 112 Å². The van der Waals surface area contributed by atoms with Crippen molar-refractivity contribution in [3.05, 3.63) is 71.0 Å². The highest BCUT2D eigenvalue weighted by Gasteiger charge is 2.46. The predicted octanol–water partition coefficient (Wildman–Crippen LogP) is 4.59. The number of unbranched alkanes of at least 4 members (excludes halogenated alkanes) is 3. The molecule has 0 bridgehead atoms. The Kier molecular flexibility index (Phi) is 13.3. The summed E-state index contributed by atoms with van der Waals surface area (Å²) in [4.78, 5) is 93.9. The van der Waals surface area contributed by atoms with E-state index in [0.29, 0.717) is 23.2 Å². The summed E-state index contributed by atoms with van der Waals surface area (Å²) in [6.07, 6.45) is 12.3. The lowest BCUT2D eigenvalue weighted by Gasteiger charge is -2.43. The van der Waals surface area contributed by atoms with E-state index in [4.69, 9.17) is 21.3 Å². The minimum atomic E-state index is -1.09. The Bertz CT molecular complexity index is 2340. The number of fused-ring (bicyclic) bond motifs is 2. The summed E-state index contributed by atoms with van der Waals surface area (Å²) in [5.74, 6) is -2.18. The lowest BCUT2D eigenvalue weighted by atomic mass is 9.78. The summed E-state index contributed by atoms with van der Waals surface area (Å²) < 4.78 is 5.68. The smallest absolute Gasteiger partial charge is 0.266 e. The van der Waals surface area contributed by atoms with Gasteiger partial charge in [-0.3, -0.25) is 34.2 Å². The number of H-pyrrole nitrogens is 1. The van der Waals surface area contributed by atoms with Crippen molar-refractivity contribution in [3.8, 4) is 17.0 Å². The first-order valence-corrected chi connectivity index (χ1v) is 22.0. The molecule has 3 saturated heterocycles. The van der Waals surface area contributed by atoms with Gasteiger partial charge in [-0.1, -0.05) is 48.7 Å². The van der Waals surface area contributed by atoms with Gasteiger partial charge in [0.05, 0.1) is 28.0 Å². The Morgan fingerprint density at radius 1 is 0.952 bits per heavy atom. The Morgan fingerprint density at radius 2 is 1.77 bits per heavy atom. The quantitative estimate of drug-likeness (QED) is 0.0655. The van der Waals surface area contributed by atoms with E-state index < -0.39 is 29.7 Å². The number of hydrogen-bond acceptors (Lipinski definition) is 12. The number of likely N-dealkylation sites (tertiary alicyclic amines) is 2. The highest BCUT2D eigenvalue weighted by Crippen LogP contribution is 2.36. The monoisotopic (exact) mass is 865 g/mol. The molecular formula is C45H52ClN9O7. The van der Waals surface area contributed by atoms with Gasteiger partial charge in [-0.05, 0) is 89.3 Å². The molecule has 4 aromatic rings. The van der Waals surface area contributed by atoms with Gasteiger partial charge in [0.15, 0.2) is 6.61 Å². The zero-order chi connectivity index (χ0) is 43.2. The molecule has 0 spiro atoms. The van der Waals surface area contributed by atoms with E-state index in [1.807, 2.05) is 30.5 Å². The van der Waals surface area contributed by atoms with Gasteiger partial charge in [-0.2, -0.15) is 0 Å². The van der Waals surface area contributed by atoms with E-state index in [1.54, 1.807) is 12.3 Å². The molecule has 3 fully saturated rings. The van der Waals surface area contributed by atoms with Crippen LogP contribution in [-0.2, 0) is 19.2 Å². The molecule has 5 amide bonds. The Labute approximate surface area is 364 Å². The maximum absolute atomic E-state index is 13.3. The summed E-state index contributed by atoms with van der Waals surface area (Å²) in [6, 6.07) is 11.7. The van der Waals surface area contributed by atoms with E-state index >= 15 is 0 Å². The molecule has 4 aliphatic rings. The average molecular weight is 866 g/mol. The fraction of sp³-hybridized carbons (Fsp3) is 0.467. The van der Waals surface area contributed by atoms with Gasteiger partial charge in [0, 0.05) is 60.2 Å². The molecule has 17 heteroatoms. The number of hydrogen-bond donors (Lipinski definition) is 4. The Morgan fingerprint density at radius 3 is 2.60 bits per heavy atom. The summed E-state index contributed by atoms with van der Waals surface area (Å²) >= 11 is 6.58. The number of nitrogens with one attached hydrogen (secondary N) is 4. The molecule has 1 unspecified atom stereocenters. The third-order valence-corrected chi connectivity index (χ3v) is 12.9. The van der Waals surface area contributed by atoms with Crippen LogP contribution < -0.4 is 20.7 Å². The summed E-state index contributed by atoms with van der Waals surface area (Å²) in [5, 5.41) is 10.1. The molecule has 2 aromatic heterocycles. The number of piperidine rings is 3. The van der Waals surface area contributed by atoms with Crippen LogP contribution in [0.15, 0.2) is 54.9 Å². The maximum Gasteiger partial charge on any atom is 0.266 e. The molecule has 0 aliphatic carbocycles. The summed E-state index contributed by atoms with van der Waals surface area (Å²) in [6.45, 7) is 5.40. The fourth-order valence-corrected chi connectivity index (χ4v) is 9.41. The minimum Gasteiger partial charge on any atom is -0.483 e. The van der Waals surface area contributed by atoms with Crippen molar-refractivity contribution in [2.24, 2.45) is 5.41 Å². The normalized spacial score (nSPS) is 20.6. The van der Waals surface area contributed by atoms with Crippen molar-refractivity contribution >= 4 is 64.3 Å². The minimum absolute atomic E-state index is 0.00683. The van der Waals surface area contributed by atoms with E-state index in [-0.39, 0.29) is 53.7 Å². The van der Waals surface area contributed by atoms with Crippen molar-refractivity contribution in [3.63, 3.8) is 0 Å². The van der Waals surface area contributed by atoms with Crippen LogP contribution in [0.4, 0.5) is 5.95 Å². The van der Waals surface area contributed by atoms with Gasteiger partial charge >= 0.3 is 0 Å². The van der Waals surface area contributed by atoms with Gasteiger partial charge in [-0.25, -0.2) is 9.97 Å². The van der Waals surface area contributed by atoms with Gasteiger partial charge in [0.2, 0.25) is 17.8 Å². The van der Waals surface area contributed by atoms with Crippen LogP contribution in [0.3, 0.4) is 0 Å². The first-order chi connectivity index (χ1) is 30.1. The molecule has 62 heavy (non-hydrogen) atoms. The fourth-order valence-electron chi connectivity index (χ4n) is 9.21. The molecule has 2 atom stereocenters. The molecular weight excluding hydrogens is 814 g/mol. The second-order valence-corrected chi connectivity index (χ2v) is 17.3. The lowest BCUT2D eigenvalue weighted by molar-refractivity contribution is -0.136. The van der Waals surface area contributed by atoms with Crippen LogP contribution in [0.1, 0.15) is 84.9 Å². The van der Waals surface area contributed by atoms with Crippen LogP contribution in [0.5, 0.6) is 5.75 Å². The number of carbonyl (C=O) groups excluding carboxylic acids is 6. The van der Waals surface area contributed by atoms with Gasteiger partial charge in [0.1, 0.15) is 18.1 Å². The molecule has 6 heterocycles. The number of amides is 5. The van der Waals surface area contributed by atoms with E-state index in [2.05, 4.69) is 35.7 Å². The molecule has 326 valence electrons. The van der Waals surface area contributed by atoms with Gasteiger partial charge < -0.3 is 34.9 Å². The second-order valence-electron chi connectivity index (χ2n) is 16.9. The number of anilines is 1. The van der Waals surface area contributed by atoms with Crippen molar-refractivity contribution < 1.29 is 33.5 Å². The Hall–Kier alpha value is -5.71. The first-order valence-electron chi connectivity index (χ1n) is 21.6. The third-order valence-electron chi connectivity index (χ3n) is 12.6. The number of imide groups is 2. The number of aromatic nitrogens is 3. The number of benzene rings is 2. The molecule has 8 rings (SSSR count). The highest BCUT2D eigenvalue weighted by molar-refractivity contribution is 6.33. The largest absolute Gasteiger partial charge is 0.483 e. The number of aldehydes is 1. The van der Waals surface area contributed by atoms with E-state index in [9.17, 15) is 28.8 Å². The zero-order valence-corrected chi connectivity index (χ0v) is 35.4. The average Bonchev–Trinajstić information content (AvgIpc) is 3.82. The van der Waals surface area contributed by atoms with Crippen LogP contribution in [0, 0.1) is 5.41 Å². The molecule has 4 aliphatic heterocycles. The summed E-state index contributed by atoms with van der Waals surface area (Å²) in [7, 11) is 0.